The first kappa shape index (κ1) is 13.4. The molecule has 0 saturated carbocycles. The summed E-state index contributed by atoms with van der Waals surface area (Å²) < 4.78 is 0.855. The average Bonchev–Trinajstić information content (AvgIpc) is 2.40. The Hall–Kier alpha value is -1.05. The van der Waals surface area contributed by atoms with Crippen LogP contribution in [0.5, 0.6) is 0 Å². The second-order valence-corrected chi connectivity index (χ2v) is 5.46. The molecule has 0 aromatic heterocycles. The van der Waals surface area contributed by atoms with Crippen LogP contribution in [0.1, 0.15) is 24.8 Å². The fraction of sp³-hybridized carbons (Fsp3) is 0.500. The van der Waals surface area contributed by atoms with Gasteiger partial charge in [-0.15, -0.1) is 0 Å². The van der Waals surface area contributed by atoms with Crippen LogP contribution in [-0.4, -0.2) is 31.1 Å². The fourth-order valence-corrected chi connectivity index (χ4v) is 2.77. The van der Waals surface area contributed by atoms with E-state index in [4.69, 9.17) is 5.26 Å². The second kappa shape index (κ2) is 6.77. The van der Waals surface area contributed by atoms with E-state index in [9.17, 15) is 0 Å². The zero-order valence-electron chi connectivity index (χ0n) is 10.5. The Balaban J connectivity index is 1.86. The molecular weight excluding hydrogens is 290 g/mol. The SMILES string of the molecule is N#Cc1c(Br)cccc1NCCN1CCCCC1. The van der Waals surface area contributed by atoms with Gasteiger partial charge in [-0.1, -0.05) is 12.5 Å². The van der Waals surface area contributed by atoms with Gasteiger partial charge in [0.15, 0.2) is 0 Å². The highest BCUT2D eigenvalue weighted by Gasteiger charge is 2.10. The lowest BCUT2D eigenvalue weighted by molar-refractivity contribution is 0.237. The summed E-state index contributed by atoms with van der Waals surface area (Å²) in [7, 11) is 0. The van der Waals surface area contributed by atoms with Gasteiger partial charge in [-0.05, 0) is 54.0 Å². The summed E-state index contributed by atoms with van der Waals surface area (Å²) in [5.41, 5.74) is 1.61. The quantitative estimate of drug-likeness (QED) is 0.928. The molecule has 0 aliphatic carbocycles. The maximum Gasteiger partial charge on any atom is 0.103 e. The van der Waals surface area contributed by atoms with Gasteiger partial charge >= 0.3 is 0 Å². The van der Waals surface area contributed by atoms with E-state index in [-0.39, 0.29) is 0 Å². The summed E-state index contributed by atoms with van der Waals surface area (Å²) in [6, 6.07) is 8.04. The Morgan fingerprint density at radius 2 is 2.06 bits per heavy atom. The van der Waals surface area contributed by atoms with E-state index in [1.165, 1.54) is 32.4 Å². The number of nitriles is 1. The Morgan fingerprint density at radius 1 is 1.28 bits per heavy atom. The van der Waals surface area contributed by atoms with Gasteiger partial charge in [0.05, 0.1) is 11.3 Å². The first-order valence-corrected chi connectivity index (χ1v) is 7.25. The van der Waals surface area contributed by atoms with Crippen LogP contribution in [0.2, 0.25) is 0 Å². The number of hydrogen-bond donors (Lipinski definition) is 1. The van der Waals surface area contributed by atoms with Crippen molar-refractivity contribution in [3.8, 4) is 6.07 Å². The van der Waals surface area contributed by atoms with Gasteiger partial charge in [-0.2, -0.15) is 5.26 Å². The predicted octanol–water partition coefficient (Wildman–Crippen LogP) is 3.22. The molecule has 0 radical (unpaired) electrons. The highest BCUT2D eigenvalue weighted by Crippen LogP contribution is 2.23. The maximum atomic E-state index is 9.12. The normalized spacial score (nSPS) is 16.2. The van der Waals surface area contributed by atoms with E-state index in [0.717, 1.165) is 23.2 Å². The second-order valence-electron chi connectivity index (χ2n) is 4.60. The third-order valence-electron chi connectivity index (χ3n) is 3.32. The molecule has 18 heavy (non-hydrogen) atoms. The first-order chi connectivity index (χ1) is 8.81. The zero-order valence-corrected chi connectivity index (χ0v) is 12.0. The van der Waals surface area contributed by atoms with Crippen molar-refractivity contribution in [1.82, 2.24) is 4.90 Å². The third kappa shape index (κ3) is 3.47. The Kier molecular flexibility index (Phi) is 5.03. The number of rotatable bonds is 4. The van der Waals surface area contributed by atoms with Crippen LogP contribution in [0, 0.1) is 11.3 Å². The molecule has 96 valence electrons. The average molecular weight is 308 g/mol. The van der Waals surface area contributed by atoms with Crippen LogP contribution in [-0.2, 0) is 0 Å². The molecule has 0 atom stereocenters. The molecule has 1 N–H and O–H groups in total. The Bertz CT molecular complexity index is 433. The standard InChI is InChI=1S/C14H18BrN3/c15-13-5-4-6-14(12(13)11-16)17-7-10-18-8-2-1-3-9-18/h4-6,17H,1-3,7-10H2. The summed E-state index contributed by atoms with van der Waals surface area (Å²) in [6.07, 6.45) is 4.01. The number of nitrogens with zero attached hydrogens (tertiary/aromatic N) is 2. The molecule has 1 heterocycles. The van der Waals surface area contributed by atoms with Gasteiger partial charge in [0.25, 0.3) is 0 Å². The number of piperidine rings is 1. The van der Waals surface area contributed by atoms with Gasteiger partial charge in [0.2, 0.25) is 0 Å². The van der Waals surface area contributed by atoms with Gasteiger partial charge in [-0.3, -0.25) is 0 Å². The Labute approximate surface area is 117 Å². The molecule has 0 spiro atoms. The smallest absolute Gasteiger partial charge is 0.103 e. The van der Waals surface area contributed by atoms with Crippen molar-refractivity contribution in [2.24, 2.45) is 0 Å². The minimum absolute atomic E-state index is 0.691. The van der Waals surface area contributed by atoms with Crippen molar-refractivity contribution in [3.63, 3.8) is 0 Å². The lowest BCUT2D eigenvalue weighted by Gasteiger charge is -2.26. The summed E-state index contributed by atoms with van der Waals surface area (Å²) in [4.78, 5) is 2.49. The molecule has 2 rings (SSSR count). The summed E-state index contributed by atoms with van der Waals surface area (Å²) in [5, 5.41) is 12.5. The summed E-state index contributed by atoms with van der Waals surface area (Å²) in [5.74, 6) is 0. The summed E-state index contributed by atoms with van der Waals surface area (Å²) in [6.45, 7) is 4.37. The molecular formula is C14H18BrN3. The number of hydrogen-bond acceptors (Lipinski definition) is 3. The molecule has 1 aliphatic heterocycles. The number of anilines is 1. The molecule has 1 fully saturated rings. The van der Waals surface area contributed by atoms with E-state index >= 15 is 0 Å². The van der Waals surface area contributed by atoms with E-state index in [1.54, 1.807) is 0 Å². The number of nitrogens with one attached hydrogen (secondary N) is 1. The van der Waals surface area contributed by atoms with Crippen molar-refractivity contribution in [2.45, 2.75) is 19.3 Å². The molecule has 0 amide bonds. The van der Waals surface area contributed by atoms with E-state index < -0.39 is 0 Å². The Morgan fingerprint density at radius 3 is 2.78 bits per heavy atom. The maximum absolute atomic E-state index is 9.12. The first-order valence-electron chi connectivity index (χ1n) is 6.46. The summed E-state index contributed by atoms with van der Waals surface area (Å²) >= 11 is 3.40. The molecule has 3 nitrogen and oxygen atoms in total. The van der Waals surface area contributed by atoms with Crippen LogP contribution >= 0.6 is 15.9 Å². The molecule has 1 aromatic rings. The minimum Gasteiger partial charge on any atom is -0.383 e. The van der Waals surface area contributed by atoms with Gasteiger partial charge in [0, 0.05) is 17.6 Å². The van der Waals surface area contributed by atoms with Crippen LogP contribution in [0.4, 0.5) is 5.69 Å². The lowest BCUT2D eigenvalue weighted by atomic mass is 10.1. The van der Waals surface area contributed by atoms with Gasteiger partial charge in [0.1, 0.15) is 6.07 Å². The number of halogens is 1. The number of benzene rings is 1. The van der Waals surface area contributed by atoms with Crippen LogP contribution in [0.3, 0.4) is 0 Å². The fourth-order valence-electron chi connectivity index (χ4n) is 2.32. The third-order valence-corrected chi connectivity index (χ3v) is 3.98. The molecule has 0 unspecified atom stereocenters. The molecule has 1 saturated heterocycles. The van der Waals surface area contributed by atoms with Crippen molar-refractivity contribution >= 4 is 21.6 Å². The van der Waals surface area contributed by atoms with Crippen LogP contribution in [0.15, 0.2) is 22.7 Å². The largest absolute Gasteiger partial charge is 0.383 e. The lowest BCUT2D eigenvalue weighted by Crippen LogP contribution is -2.33. The molecule has 0 bridgehead atoms. The number of likely N-dealkylation sites (tertiary alicyclic amines) is 1. The van der Waals surface area contributed by atoms with Gasteiger partial charge < -0.3 is 10.2 Å². The minimum atomic E-state index is 0.691. The molecule has 1 aliphatic rings. The van der Waals surface area contributed by atoms with E-state index in [0.29, 0.717) is 5.56 Å². The predicted molar refractivity (Wildman–Crippen MR) is 77.6 cm³/mol. The highest BCUT2D eigenvalue weighted by molar-refractivity contribution is 9.10. The monoisotopic (exact) mass is 307 g/mol. The topological polar surface area (TPSA) is 39.1 Å². The van der Waals surface area contributed by atoms with E-state index in [2.05, 4.69) is 32.2 Å². The van der Waals surface area contributed by atoms with Crippen molar-refractivity contribution in [3.05, 3.63) is 28.2 Å². The highest BCUT2D eigenvalue weighted by atomic mass is 79.9. The van der Waals surface area contributed by atoms with Crippen molar-refractivity contribution < 1.29 is 0 Å². The molecule has 4 heteroatoms. The van der Waals surface area contributed by atoms with E-state index in [1.807, 2.05) is 18.2 Å². The van der Waals surface area contributed by atoms with Gasteiger partial charge in [-0.25, -0.2) is 0 Å². The van der Waals surface area contributed by atoms with Crippen LogP contribution < -0.4 is 5.32 Å². The van der Waals surface area contributed by atoms with Crippen molar-refractivity contribution in [2.75, 3.05) is 31.5 Å². The molecule has 1 aromatic carbocycles. The zero-order chi connectivity index (χ0) is 12.8. The van der Waals surface area contributed by atoms with Crippen molar-refractivity contribution in [1.29, 1.82) is 5.26 Å². The van der Waals surface area contributed by atoms with Crippen LogP contribution in [0.25, 0.3) is 0 Å².